The van der Waals surface area contributed by atoms with Crippen LogP contribution in [0.5, 0.6) is 0 Å². The van der Waals surface area contributed by atoms with Crippen LogP contribution in [0.3, 0.4) is 0 Å². The summed E-state index contributed by atoms with van der Waals surface area (Å²) in [6.45, 7) is 2.59. The van der Waals surface area contributed by atoms with Crippen molar-refractivity contribution in [3.05, 3.63) is 60.2 Å². The number of H-pyrrole nitrogens is 1. The molecule has 124 valence electrons. The van der Waals surface area contributed by atoms with Crippen LogP contribution in [0.1, 0.15) is 17.3 Å². The molecule has 7 nitrogen and oxygen atoms in total. The van der Waals surface area contributed by atoms with Gasteiger partial charge in [0, 0.05) is 38.9 Å². The number of aromatic amines is 1. The largest absolute Gasteiger partial charge is 0.379 e. The Balaban J connectivity index is 1.52. The van der Waals surface area contributed by atoms with E-state index in [1.165, 1.54) is 0 Å². The van der Waals surface area contributed by atoms with E-state index in [9.17, 15) is 0 Å². The number of rotatable bonds is 5. The lowest BCUT2D eigenvalue weighted by molar-refractivity contribution is 0.0955. The predicted molar refractivity (Wildman–Crippen MR) is 88.8 cm³/mol. The van der Waals surface area contributed by atoms with Crippen LogP contribution < -0.4 is 0 Å². The van der Waals surface area contributed by atoms with E-state index < -0.39 is 0 Å². The smallest absolute Gasteiger partial charge is 0.0894 e. The van der Waals surface area contributed by atoms with Gasteiger partial charge in [-0.25, -0.2) is 4.68 Å². The Hall–Kier alpha value is -2.51. The SMILES string of the molecule is CO[C@@H]1CN(Cc2ccnn2-c2ccccc2)C[C@H]1c1cn[nH]n1. The van der Waals surface area contributed by atoms with Crippen molar-refractivity contribution in [1.29, 1.82) is 0 Å². The van der Waals surface area contributed by atoms with Crippen molar-refractivity contribution >= 4 is 0 Å². The molecule has 0 unspecified atom stereocenters. The average molecular weight is 324 g/mol. The van der Waals surface area contributed by atoms with E-state index in [1.807, 2.05) is 29.1 Å². The monoisotopic (exact) mass is 324 g/mol. The summed E-state index contributed by atoms with van der Waals surface area (Å²) in [5, 5.41) is 15.3. The molecule has 3 aromatic rings. The molecule has 0 radical (unpaired) electrons. The molecule has 0 amide bonds. The molecule has 1 saturated heterocycles. The minimum absolute atomic E-state index is 0.128. The van der Waals surface area contributed by atoms with Gasteiger partial charge in [0.15, 0.2) is 0 Å². The van der Waals surface area contributed by atoms with Gasteiger partial charge in [0.25, 0.3) is 0 Å². The van der Waals surface area contributed by atoms with Gasteiger partial charge in [-0.2, -0.15) is 20.5 Å². The number of methoxy groups -OCH3 is 1. The fraction of sp³-hybridized carbons (Fsp3) is 0.353. The maximum absolute atomic E-state index is 5.67. The van der Waals surface area contributed by atoms with Gasteiger partial charge in [0.1, 0.15) is 0 Å². The summed E-state index contributed by atoms with van der Waals surface area (Å²) >= 11 is 0. The topological polar surface area (TPSA) is 71.9 Å². The fourth-order valence-corrected chi connectivity index (χ4v) is 3.37. The van der Waals surface area contributed by atoms with Gasteiger partial charge in [0.2, 0.25) is 0 Å². The van der Waals surface area contributed by atoms with Gasteiger partial charge < -0.3 is 4.74 Å². The minimum Gasteiger partial charge on any atom is -0.379 e. The van der Waals surface area contributed by atoms with Gasteiger partial charge in [-0.1, -0.05) is 18.2 Å². The molecular formula is C17H20N6O. The highest BCUT2D eigenvalue weighted by Crippen LogP contribution is 2.29. The lowest BCUT2D eigenvalue weighted by Crippen LogP contribution is -2.23. The standard InChI is InChI=1S/C17H20N6O/c1-24-17-12-22(11-15(17)16-9-18-21-20-16)10-14-7-8-19-23(14)13-5-3-2-4-6-13/h2-9,15,17H,10-12H2,1H3,(H,18,20,21)/t15-,17+/m0/s1. The number of para-hydroxylation sites is 1. The summed E-state index contributed by atoms with van der Waals surface area (Å²) in [5.41, 5.74) is 3.20. The zero-order valence-corrected chi connectivity index (χ0v) is 13.5. The van der Waals surface area contributed by atoms with Crippen molar-refractivity contribution in [3.63, 3.8) is 0 Å². The van der Waals surface area contributed by atoms with Gasteiger partial charge in [-0.05, 0) is 18.2 Å². The molecule has 24 heavy (non-hydrogen) atoms. The quantitative estimate of drug-likeness (QED) is 0.772. The first-order valence-electron chi connectivity index (χ1n) is 8.04. The van der Waals surface area contributed by atoms with E-state index in [4.69, 9.17) is 4.74 Å². The van der Waals surface area contributed by atoms with Crippen molar-refractivity contribution < 1.29 is 4.74 Å². The maximum Gasteiger partial charge on any atom is 0.0894 e. The van der Waals surface area contributed by atoms with E-state index in [0.717, 1.165) is 36.7 Å². The van der Waals surface area contributed by atoms with Crippen molar-refractivity contribution in [2.45, 2.75) is 18.6 Å². The minimum atomic E-state index is 0.128. The lowest BCUT2D eigenvalue weighted by atomic mass is 10.0. The number of benzene rings is 1. The Kier molecular flexibility index (Phi) is 4.10. The molecule has 1 N–H and O–H groups in total. The van der Waals surface area contributed by atoms with Crippen LogP contribution in [-0.2, 0) is 11.3 Å². The fourth-order valence-electron chi connectivity index (χ4n) is 3.37. The number of nitrogens with one attached hydrogen (secondary N) is 1. The summed E-state index contributed by atoms with van der Waals surface area (Å²) in [7, 11) is 1.76. The molecule has 3 heterocycles. The van der Waals surface area contributed by atoms with Gasteiger partial charge in [-0.15, -0.1) is 0 Å². The number of likely N-dealkylation sites (tertiary alicyclic amines) is 1. The summed E-state index contributed by atoms with van der Waals surface area (Å²) in [6.07, 6.45) is 3.76. The normalized spacial score (nSPS) is 21.4. The first-order chi connectivity index (χ1) is 11.8. The third kappa shape index (κ3) is 2.83. The highest BCUT2D eigenvalue weighted by Gasteiger charge is 2.35. The predicted octanol–water partition coefficient (Wildman–Crippen LogP) is 1.60. The second kappa shape index (κ2) is 6.54. The van der Waals surface area contributed by atoms with E-state index in [1.54, 1.807) is 13.3 Å². The van der Waals surface area contributed by atoms with Gasteiger partial charge in [-0.3, -0.25) is 4.90 Å². The highest BCUT2D eigenvalue weighted by molar-refractivity contribution is 5.32. The van der Waals surface area contributed by atoms with Gasteiger partial charge in [0.05, 0.1) is 29.4 Å². The number of nitrogens with zero attached hydrogens (tertiary/aromatic N) is 5. The number of aromatic nitrogens is 5. The number of hydrogen-bond donors (Lipinski definition) is 1. The third-order valence-electron chi connectivity index (χ3n) is 4.57. The Morgan fingerprint density at radius 1 is 1.21 bits per heavy atom. The first kappa shape index (κ1) is 15.0. The van der Waals surface area contributed by atoms with Crippen molar-refractivity contribution in [2.24, 2.45) is 0 Å². The van der Waals surface area contributed by atoms with E-state index >= 15 is 0 Å². The van der Waals surface area contributed by atoms with Crippen LogP contribution in [-0.4, -0.2) is 56.4 Å². The van der Waals surface area contributed by atoms with Crippen LogP contribution in [0.4, 0.5) is 0 Å². The zero-order chi connectivity index (χ0) is 16.4. The summed E-state index contributed by atoms with van der Waals surface area (Å²) < 4.78 is 7.66. The van der Waals surface area contributed by atoms with E-state index in [0.29, 0.717) is 0 Å². The third-order valence-corrected chi connectivity index (χ3v) is 4.57. The molecule has 7 heteroatoms. The zero-order valence-electron chi connectivity index (χ0n) is 13.5. The van der Waals surface area contributed by atoms with Crippen molar-refractivity contribution in [1.82, 2.24) is 30.1 Å². The molecule has 0 aliphatic carbocycles. The van der Waals surface area contributed by atoms with Crippen molar-refractivity contribution in [2.75, 3.05) is 20.2 Å². The van der Waals surface area contributed by atoms with Crippen LogP contribution in [0.15, 0.2) is 48.8 Å². The first-order valence-corrected chi connectivity index (χ1v) is 8.04. The highest BCUT2D eigenvalue weighted by atomic mass is 16.5. The molecule has 1 aromatic carbocycles. The number of ether oxygens (including phenoxy) is 1. The Labute approximate surface area is 140 Å². The molecule has 1 aliphatic heterocycles. The molecule has 0 spiro atoms. The molecule has 0 bridgehead atoms. The maximum atomic E-state index is 5.67. The van der Waals surface area contributed by atoms with Crippen LogP contribution in [0.2, 0.25) is 0 Å². The average Bonchev–Trinajstić information content (AvgIpc) is 3.36. The summed E-state index contributed by atoms with van der Waals surface area (Å²) in [5.74, 6) is 0.238. The van der Waals surface area contributed by atoms with Crippen LogP contribution in [0.25, 0.3) is 5.69 Å². The van der Waals surface area contributed by atoms with Crippen LogP contribution >= 0.6 is 0 Å². The summed E-state index contributed by atoms with van der Waals surface area (Å²) in [6, 6.07) is 12.3. The second-order valence-corrected chi connectivity index (χ2v) is 6.04. The number of hydrogen-bond acceptors (Lipinski definition) is 5. The van der Waals surface area contributed by atoms with E-state index in [-0.39, 0.29) is 12.0 Å². The summed E-state index contributed by atoms with van der Waals surface area (Å²) in [4.78, 5) is 2.38. The Morgan fingerprint density at radius 2 is 2.08 bits per heavy atom. The van der Waals surface area contributed by atoms with E-state index in [2.05, 4.69) is 43.6 Å². The Morgan fingerprint density at radius 3 is 2.83 bits per heavy atom. The van der Waals surface area contributed by atoms with Gasteiger partial charge >= 0.3 is 0 Å². The molecular weight excluding hydrogens is 304 g/mol. The molecule has 2 aromatic heterocycles. The molecule has 0 saturated carbocycles. The molecule has 1 fully saturated rings. The van der Waals surface area contributed by atoms with Crippen LogP contribution in [0, 0.1) is 0 Å². The molecule has 2 atom stereocenters. The van der Waals surface area contributed by atoms with Crippen molar-refractivity contribution in [3.8, 4) is 5.69 Å². The lowest BCUT2D eigenvalue weighted by Gasteiger charge is -2.16. The Bertz CT molecular complexity index is 770. The molecule has 4 rings (SSSR count). The molecule has 1 aliphatic rings. The second-order valence-electron chi connectivity index (χ2n) is 6.04.